The van der Waals surface area contributed by atoms with Gasteiger partial charge >= 0.3 is 0 Å². The molecule has 0 amide bonds. The molecule has 0 bridgehead atoms. The summed E-state index contributed by atoms with van der Waals surface area (Å²) < 4.78 is 2.16. The van der Waals surface area contributed by atoms with Gasteiger partial charge in [0.1, 0.15) is 11.9 Å². The average molecular weight is 288 g/mol. The highest BCUT2D eigenvalue weighted by molar-refractivity contribution is 6.31. The minimum absolute atomic E-state index is 0.292. The van der Waals surface area contributed by atoms with Crippen LogP contribution in [0.25, 0.3) is 0 Å². The first-order valence-electron chi connectivity index (χ1n) is 6.57. The van der Waals surface area contributed by atoms with Crippen molar-refractivity contribution in [3.8, 4) is 6.07 Å². The summed E-state index contributed by atoms with van der Waals surface area (Å²) in [4.78, 5) is 10.6. The maximum Gasteiger partial charge on any atom is 0.161 e. The molecule has 0 atom stereocenters. The second-order valence-electron chi connectivity index (χ2n) is 4.84. The van der Waals surface area contributed by atoms with Gasteiger partial charge in [0.2, 0.25) is 0 Å². The molecule has 2 aromatic heterocycles. The highest BCUT2D eigenvalue weighted by atomic mass is 35.5. The van der Waals surface area contributed by atoms with Gasteiger partial charge in [-0.05, 0) is 25.0 Å². The summed E-state index contributed by atoms with van der Waals surface area (Å²) in [5.41, 5.74) is 0.292. The van der Waals surface area contributed by atoms with Gasteiger partial charge in [-0.15, -0.1) is 0 Å². The van der Waals surface area contributed by atoms with Gasteiger partial charge in [0.15, 0.2) is 5.69 Å². The fourth-order valence-corrected chi connectivity index (χ4v) is 2.71. The number of rotatable bonds is 2. The Kier molecular flexibility index (Phi) is 3.57. The summed E-state index contributed by atoms with van der Waals surface area (Å²) in [7, 11) is 0. The summed E-state index contributed by atoms with van der Waals surface area (Å²) >= 11 is 5.91. The van der Waals surface area contributed by atoms with Crippen molar-refractivity contribution < 1.29 is 0 Å². The van der Waals surface area contributed by atoms with Gasteiger partial charge < -0.3 is 9.47 Å². The van der Waals surface area contributed by atoms with Crippen LogP contribution in [0.1, 0.15) is 24.6 Å². The molecule has 0 radical (unpaired) electrons. The first kappa shape index (κ1) is 12.9. The third-order valence-electron chi connectivity index (χ3n) is 3.67. The first-order valence-corrected chi connectivity index (χ1v) is 6.95. The van der Waals surface area contributed by atoms with Gasteiger partial charge in [-0.3, -0.25) is 0 Å². The maximum absolute atomic E-state index is 8.98. The molecule has 102 valence electrons. The van der Waals surface area contributed by atoms with Crippen molar-refractivity contribution in [2.45, 2.75) is 18.9 Å². The van der Waals surface area contributed by atoms with Crippen LogP contribution in [-0.2, 0) is 0 Å². The van der Waals surface area contributed by atoms with Crippen molar-refractivity contribution in [3.63, 3.8) is 0 Å². The lowest BCUT2D eigenvalue weighted by Gasteiger charge is -2.33. The molecule has 0 saturated carbocycles. The second kappa shape index (κ2) is 5.51. The van der Waals surface area contributed by atoms with E-state index < -0.39 is 0 Å². The number of hydrogen-bond acceptors (Lipinski definition) is 4. The third kappa shape index (κ3) is 2.47. The van der Waals surface area contributed by atoms with Crippen LogP contribution in [0.4, 0.5) is 5.82 Å². The minimum atomic E-state index is 0.292. The number of halogens is 1. The van der Waals surface area contributed by atoms with Crippen LogP contribution < -0.4 is 4.90 Å². The number of piperidine rings is 1. The molecule has 0 N–H and O–H groups in total. The summed E-state index contributed by atoms with van der Waals surface area (Å²) in [6, 6.07) is 6.14. The van der Waals surface area contributed by atoms with Crippen molar-refractivity contribution in [2.75, 3.05) is 18.0 Å². The van der Waals surface area contributed by atoms with Crippen LogP contribution in [-0.4, -0.2) is 27.6 Å². The molecule has 0 unspecified atom stereocenters. The zero-order valence-corrected chi connectivity index (χ0v) is 11.7. The van der Waals surface area contributed by atoms with Crippen molar-refractivity contribution in [1.29, 1.82) is 5.26 Å². The molecule has 3 heterocycles. The fourth-order valence-electron chi connectivity index (χ4n) is 2.56. The lowest BCUT2D eigenvalue weighted by molar-refractivity contribution is 0.395. The van der Waals surface area contributed by atoms with Crippen LogP contribution in [0.5, 0.6) is 0 Å². The molecule has 6 heteroatoms. The Hall–Kier alpha value is -2.06. The quantitative estimate of drug-likeness (QED) is 0.852. The number of pyridine rings is 1. The van der Waals surface area contributed by atoms with E-state index in [1.54, 1.807) is 6.07 Å². The van der Waals surface area contributed by atoms with Crippen molar-refractivity contribution in [2.24, 2.45) is 0 Å². The zero-order chi connectivity index (χ0) is 13.9. The van der Waals surface area contributed by atoms with Crippen molar-refractivity contribution in [3.05, 3.63) is 41.6 Å². The molecule has 20 heavy (non-hydrogen) atoms. The van der Waals surface area contributed by atoms with E-state index in [4.69, 9.17) is 16.9 Å². The summed E-state index contributed by atoms with van der Waals surface area (Å²) in [5.74, 6) is 0.829. The van der Waals surface area contributed by atoms with E-state index in [0.29, 0.717) is 16.8 Å². The largest absolute Gasteiger partial charge is 0.356 e. The second-order valence-corrected chi connectivity index (χ2v) is 5.25. The predicted octanol–water partition coefficient (Wildman–Crippen LogP) is 2.64. The highest BCUT2D eigenvalue weighted by Crippen LogP contribution is 2.26. The summed E-state index contributed by atoms with van der Waals surface area (Å²) in [6.07, 6.45) is 7.78. The molecule has 2 aromatic rings. The van der Waals surface area contributed by atoms with Crippen LogP contribution in [0.3, 0.4) is 0 Å². The lowest BCUT2D eigenvalue weighted by atomic mass is 10.0. The van der Waals surface area contributed by atoms with Crippen LogP contribution in [0, 0.1) is 11.3 Å². The highest BCUT2D eigenvalue weighted by Gasteiger charge is 2.21. The number of nitriles is 1. The van der Waals surface area contributed by atoms with Gasteiger partial charge in [-0.1, -0.05) is 11.6 Å². The molecular formula is C14H14ClN5. The Morgan fingerprint density at radius 2 is 2.10 bits per heavy atom. The summed E-state index contributed by atoms with van der Waals surface area (Å²) in [6.45, 7) is 1.84. The van der Waals surface area contributed by atoms with Gasteiger partial charge in [0.25, 0.3) is 0 Å². The molecule has 1 saturated heterocycles. The van der Waals surface area contributed by atoms with E-state index in [1.807, 2.05) is 30.9 Å². The number of imidazole rings is 1. The van der Waals surface area contributed by atoms with Crippen LogP contribution in [0.15, 0.2) is 30.9 Å². The molecule has 3 rings (SSSR count). The normalized spacial score (nSPS) is 16.1. The lowest BCUT2D eigenvalue weighted by Crippen LogP contribution is -2.35. The Bertz CT molecular complexity index is 624. The minimum Gasteiger partial charge on any atom is -0.356 e. The topological polar surface area (TPSA) is 57.7 Å². The smallest absolute Gasteiger partial charge is 0.161 e. The molecule has 0 spiro atoms. The fraction of sp³-hybridized carbons (Fsp3) is 0.357. The van der Waals surface area contributed by atoms with Crippen molar-refractivity contribution >= 4 is 17.4 Å². The molecule has 5 nitrogen and oxygen atoms in total. The number of anilines is 1. The average Bonchev–Trinajstić information content (AvgIpc) is 3.02. The molecule has 0 aromatic carbocycles. The number of hydrogen-bond donors (Lipinski definition) is 0. The van der Waals surface area contributed by atoms with Crippen LogP contribution in [0.2, 0.25) is 5.02 Å². The zero-order valence-electron chi connectivity index (χ0n) is 10.9. The molecule has 1 fully saturated rings. The summed E-state index contributed by atoms with van der Waals surface area (Å²) in [5, 5.41) is 9.39. The van der Waals surface area contributed by atoms with E-state index >= 15 is 0 Å². The molecule has 0 aliphatic carbocycles. The molecular weight excluding hydrogens is 274 g/mol. The number of aromatic nitrogens is 3. The van der Waals surface area contributed by atoms with Gasteiger partial charge in [-0.25, -0.2) is 9.97 Å². The van der Waals surface area contributed by atoms with E-state index in [0.717, 1.165) is 31.7 Å². The van der Waals surface area contributed by atoms with E-state index in [2.05, 4.69) is 19.4 Å². The van der Waals surface area contributed by atoms with Gasteiger partial charge in [0.05, 0.1) is 11.3 Å². The Morgan fingerprint density at radius 3 is 2.75 bits per heavy atom. The van der Waals surface area contributed by atoms with Crippen molar-refractivity contribution in [1.82, 2.24) is 14.5 Å². The van der Waals surface area contributed by atoms with Gasteiger partial charge in [-0.2, -0.15) is 5.26 Å². The molecule has 1 aliphatic heterocycles. The number of nitrogens with zero attached hydrogens (tertiary/aromatic N) is 5. The van der Waals surface area contributed by atoms with E-state index in [-0.39, 0.29) is 0 Å². The monoisotopic (exact) mass is 287 g/mol. The maximum atomic E-state index is 8.98. The Morgan fingerprint density at radius 1 is 1.30 bits per heavy atom. The van der Waals surface area contributed by atoms with Crippen LogP contribution >= 0.6 is 11.6 Å². The standard InChI is InChI=1S/C14H14ClN5/c15-12-1-2-14(18-13(12)9-16)19-6-3-11(4-7-19)20-8-5-17-10-20/h1-2,5,8,10-11H,3-4,6-7H2. The Balaban J connectivity index is 1.71. The first-order chi connectivity index (χ1) is 9.78. The SMILES string of the molecule is N#Cc1nc(N2CCC(n3ccnc3)CC2)ccc1Cl. The Labute approximate surface area is 122 Å². The predicted molar refractivity (Wildman–Crippen MR) is 76.7 cm³/mol. The molecule has 1 aliphatic rings. The van der Waals surface area contributed by atoms with Gasteiger partial charge in [0, 0.05) is 31.5 Å². The van der Waals surface area contributed by atoms with E-state index in [1.165, 1.54) is 0 Å². The third-order valence-corrected chi connectivity index (χ3v) is 3.98. The van der Waals surface area contributed by atoms with E-state index in [9.17, 15) is 0 Å².